The Labute approximate surface area is 144 Å². The molecule has 8 heteroatoms. The number of sulfonamides is 1. The number of aryl methyl sites for hydroxylation is 1. The molecule has 24 heavy (non-hydrogen) atoms. The molecule has 2 rings (SSSR count). The fraction of sp³-hybridized carbons (Fsp3) is 0.625. The summed E-state index contributed by atoms with van der Waals surface area (Å²) in [6.45, 7) is 5.92. The third kappa shape index (κ3) is 4.10. The smallest absolute Gasteiger partial charge is 0.247 e. The number of hydrogen-bond donors (Lipinski definition) is 0. The largest absolute Gasteiger partial charge is 0.495 e. The molecular formula is C16H25NO5S2. The lowest BCUT2D eigenvalue weighted by Crippen LogP contribution is -2.43. The number of benzene rings is 1. The van der Waals surface area contributed by atoms with Crippen LogP contribution in [0.3, 0.4) is 0 Å². The highest BCUT2D eigenvalue weighted by atomic mass is 32.2. The fourth-order valence-electron chi connectivity index (χ4n) is 2.92. The Kier molecular flexibility index (Phi) is 5.61. The molecule has 1 aliphatic rings. The van der Waals surface area contributed by atoms with Crippen molar-refractivity contribution in [2.45, 2.75) is 38.1 Å². The molecule has 136 valence electrons. The quantitative estimate of drug-likeness (QED) is 0.758. The van der Waals surface area contributed by atoms with Crippen molar-refractivity contribution in [3.8, 4) is 5.75 Å². The van der Waals surface area contributed by atoms with Crippen molar-refractivity contribution in [2.75, 3.05) is 25.2 Å². The number of nitrogens with zero attached hydrogens (tertiary/aromatic N) is 1. The maximum Gasteiger partial charge on any atom is 0.247 e. The molecule has 1 aliphatic heterocycles. The van der Waals surface area contributed by atoms with Crippen LogP contribution in [0.4, 0.5) is 0 Å². The Balaban J connectivity index is 2.50. The standard InChI is InChI=1S/C16H25NO5S2/c1-12(2)10-17(14-7-8-23(18,19)11-14)24(20,21)16-9-13(3)5-6-15(16)22-4/h5-6,9,12,14H,7-8,10-11H2,1-4H3/t14-/m0/s1. The number of methoxy groups -OCH3 is 1. The molecule has 0 aliphatic carbocycles. The van der Waals surface area contributed by atoms with Gasteiger partial charge in [0.25, 0.3) is 0 Å². The molecule has 0 saturated carbocycles. The lowest BCUT2D eigenvalue weighted by Gasteiger charge is -2.29. The first-order valence-corrected chi connectivity index (χ1v) is 11.2. The second-order valence-electron chi connectivity index (χ2n) is 6.68. The summed E-state index contributed by atoms with van der Waals surface area (Å²) < 4.78 is 56.7. The van der Waals surface area contributed by atoms with Gasteiger partial charge in [0, 0.05) is 12.6 Å². The fourth-order valence-corrected chi connectivity index (χ4v) is 6.80. The van der Waals surface area contributed by atoms with Crippen LogP contribution in [0.15, 0.2) is 23.1 Å². The monoisotopic (exact) mass is 375 g/mol. The highest BCUT2D eigenvalue weighted by Gasteiger charge is 2.40. The first-order valence-electron chi connectivity index (χ1n) is 7.93. The average Bonchev–Trinajstić information content (AvgIpc) is 2.84. The molecule has 0 bridgehead atoms. The summed E-state index contributed by atoms with van der Waals surface area (Å²) in [7, 11) is -5.60. The molecule has 0 spiro atoms. The molecule has 1 fully saturated rings. The minimum atomic E-state index is -3.85. The van der Waals surface area contributed by atoms with E-state index >= 15 is 0 Å². The molecule has 1 atom stereocenters. The van der Waals surface area contributed by atoms with Gasteiger partial charge in [-0.15, -0.1) is 0 Å². The molecule has 0 N–H and O–H groups in total. The van der Waals surface area contributed by atoms with Gasteiger partial charge in [-0.3, -0.25) is 0 Å². The van der Waals surface area contributed by atoms with Crippen molar-refractivity contribution in [3.05, 3.63) is 23.8 Å². The van der Waals surface area contributed by atoms with E-state index in [0.717, 1.165) is 5.56 Å². The van der Waals surface area contributed by atoms with E-state index in [4.69, 9.17) is 4.74 Å². The van der Waals surface area contributed by atoms with Crippen LogP contribution in [0, 0.1) is 12.8 Å². The predicted molar refractivity (Wildman–Crippen MR) is 93.5 cm³/mol. The van der Waals surface area contributed by atoms with Crippen LogP contribution in [0.5, 0.6) is 5.75 Å². The minimum absolute atomic E-state index is 0.0345. The molecule has 0 amide bonds. The summed E-state index contributed by atoms with van der Waals surface area (Å²) in [5.41, 5.74) is 0.804. The second-order valence-corrected chi connectivity index (χ2v) is 10.8. The van der Waals surface area contributed by atoms with Gasteiger partial charge in [-0.1, -0.05) is 19.9 Å². The normalized spacial score (nSPS) is 20.7. The van der Waals surface area contributed by atoms with Crippen LogP contribution in [0.2, 0.25) is 0 Å². The number of hydrogen-bond acceptors (Lipinski definition) is 5. The van der Waals surface area contributed by atoms with Crippen molar-refractivity contribution in [3.63, 3.8) is 0 Å². The summed E-state index contributed by atoms with van der Waals surface area (Å²) in [6, 6.07) is 4.46. The van der Waals surface area contributed by atoms with Crippen LogP contribution in [-0.2, 0) is 19.9 Å². The van der Waals surface area contributed by atoms with Gasteiger partial charge in [-0.05, 0) is 37.0 Å². The second kappa shape index (κ2) is 7.01. The van der Waals surface area contributed by atoms with Gasteiger partial charge in [-0.2, -0.15) is 4.31 Å². The Morgan fingerprint density at radius 3 is 2.50 bits per heavy atom. The number of ether oxygens (including phenoxy) is 1. The van der Waals surface area contributed by atoms with E-state index in [9.17, 15) is 16.8 Å². The van der Waals surface area contributed by atoms with Gasteiger partial charge in [0.15, 0.2) is 9.84 Å². The van der Waals surface area contributed by atoms with Gasteiger partial charge in [0.1, 0.15) is 10.6 Å². The molecule has 1 aromatic carbocycles. The molecule has 0 aromatic heterocycles. The SMILES string of the molecule is COc1ccc(C)cc1S(=O)(=O)N(CC(C)C)[C@H]1CCS(=O)(=O)C1. The van der Waals surface area contributed by atoms with E-state index < -0.39 is 25.9 Å². The van der Waals surface area contributed by atoms with Gasteiger partial charge in [0.05, 0.1) is 18.6 Å². The first-order chi connectivity index (χ1) is 11.1. The van der Waals surface area contributed by atoms with Crippen LogP contribution in [0.1, 0.15) is 25.8 Å². The summed E-state index contributed by atoms with van der Waals surface area (Å²) in [6.07, 6.45) is 0.336. The Morgan fingerprint density at radius 1 is 1.33 bits per heavy atom. The van der Waals surface area contributed by atoms with Crippen LogP contribution >= 0.6 is 0 Å². The topological polar surface area (TPSA) is 80.8 Å². The average molecular weight is 376 g/mol. The summed E-state index contributed by atoms with van der Waals surface area (Å²) in [5, 5.41) is 0. The Bertz CT molecular complexity index is 800. The Morgan fingerprint density at radius 2 is 2.00 bits per heavy atom. The van der Waals surface area contributed by atoms with E-state index in [0.29, 0.717) is 6.42 Å². The van der Waals surface area contributed by atoms with Crippen LogP contribution in [-0.4, -0.2) is 52.3 Å². The zero-order valence-electron chi connectivity index (χ0n) is 14.5. The molecule has 1 heterocycles. The zero-order chi connectivity index (χ0) is 18.1. The van der Waals surface area contributed by atoms with Crippen molar-refractivity contribution in [1.82, 2.24) is 4.31 Å². The molecular weight excluding hydrogens is 350 g/mol. The van der Waals surface area contributed by atoms with E-state index in [2.05, 4.69) is 0 Å². The highest BCUT2D eigenvalue weighted by molar-refractivity contribution is 7.92. The predicted octanol–water partition coefficient (Wildman–Crippen LogP) is 1.84. The highest BCUT2D eigenvalue weighted by Crippen LogP contribution is 2.31. The summed E-state index contributed by atoms with van der Waals surface area (Å²) >= 11 is 0. The lowest BCUT2D eigenvalue weighted by atomic mass is 10.2. The lowest BCUT2D eigenvalue weighted by molar-refractivity contribution is 0.305. The third-order valence-electron chi connectivity index (χ3n) is 4.07. The minimum Gasteiger partial charge on any atom is -0.495 e. The number of sulfone groups is 1. The molecule has 1 aromatic rings. The van der Waals surface area contributed by atoms with E-state index in [1.54, 1.807) is 18.2 Å². The van der Waals surface area contributed by atoms with E-state index in [1.807, 2.05) is 20.8 Å². The van der Waals surface area contributed by atoms with Gasteiger partial charge in [0.2, 0.25) is 10.0 Å². The summed E-state index contributed by atoms with van der Waals surface area (Å²) in [4.78, 5) is 0.0925. The first kappa shape index (κ1) is 19.2. The molecule has 1 saturated heterocycles. The number of rotatable bonds is 6. The van der Waals surface area contributed by atoms with Gasteiger partial charge in [-0.25, -0.2) is 16.8 Å². The van der Waals surface area contributed by atoms with Gasteiger partial charge >= 0.3 is 0 Å². The molecule has 0 unspecified atom stereocenters. The van der Waals surface area contributed by atoms with Crippen LogP contribution in [0.25, 0.3) is 0 Å². The zero-order valence-corrected chi connectivity index (χ0v) is 16.2. The van der Waals surface area contributed by atoms with Crippen molar-refractivity contribution in [2.24, 2.45) is 5.92 Å². The summed E-state index contributed by atoms with van der Waals surface area (Å²) in [5.74, 6) is 0.272. The van der Waals surface area contributed by atoms with Crippen LogP contribution < -0.4 is 4.74 Å². The Hall–Kier alpha value is -1.12. The molecule has 6 nitrogen and oxygen atoms in total. The van der Waals surface area contributed by atoms with E-state index in [1.165, 1.54) is 11.4 Å². The maximum absolute atomic E-state index is 13.2. The third-order valence-corrected chi connectivity index (χ3v) is 7.76. The van der Waals surface area contributed by atoms with E-state index in [-0.39, 0.29) is 34.6 Å². The van der Waals surface area contributed by atoms with Crippen molar-refractivity contribution in [1.29, 1.82) is 0 Å². The van der Waals surface area contributed by atoms with Crippen molar-refractivity contribution >= 4 is 19.9 Å². The van der Waals surface area contributed by atoms with Gasteiger partial charge < -0.3 is 4.74 Å². The maximum atomic E-state index is 13.2. The van der Waals surface area contributed by atoms with Crippen molar-refractivity contribution < 1.29 is 21.6 Å². The molecule has 0 radical (unpaired) electrons.